The molecule has 1 N–H and O–H groups in total. The second-order valence-electron chi connectivity index (χ2n) is 4.68. The van der Waals surface area contributed by atoms with E-state index in [-0.39, 0.29) is 5.91 Å². The van der Waals surface area contributed by atoms with Crippen molar-refractivity contribution in [2.24, 2.45) is 5.41 Å². The number of hydrogen-bond acceptors (Lipinski definition) is 2. The molecule has 6 heteroatoms. The molecule has 0 saturated carbocycles. The van der Waals surface area contributed by atoms with E-state index >= 15 is 0 Å². The number of carboxylic acid groups (broad SMARTS) is 1. The van der Waals surface area contributed by atoms with E-state index in [0.29, 0.717) is 5.33 Å². The van der Waals surface area contributed by atoms with E-state index in [0.717, 1.165) is 0 Å². The van der Waals surface area contributed by atoms with Gasteiger partial charge in [0.1, 0.15) is 10.9 Å². The predicted molar refractivity (Wildman–Crippen MR) is 70.2 cm³/mol. The van der Waals surface area contributed by atoms with E-state index < -0.39 is 22.3 Å². The van der Waals surface area contributed by atoms with Crippen LogP contribution in [0.4, 0.5) is 0 Å². The van der Waals surface area contributed by atoms with E-state index in [1.807, 2.05) is 0 Å². The Morgan fingerprint density at radius 2 is 1.81 bits per heavy atom. The molecule has 0 fully saturated rings. The van der Waals surface area contributed by atoms with Gasteiger partial charge in [0, 0.05) is 12.4 Å². The van der Waals surface area contributed by atoms with Gasteiger partial charge in [-0.05, 0) is 5.41 Å². The fraction of sp³-hybridized carbons (Fsp3) is 0.800. The number of amides is 1. The molecule has 0 aromatic carbocycles. The van der Waals surface area contributed by atoms with Crippen molar-refractivity contribution < 1.29 is 14.7 Å². The molecule has 0 bridgehead atoms. The lowest BCUT2D eigenvalue weighted by atomic mass is 9.85. The van der Waals surface area contributed by atoms with Gasteiger partial charge < -0.3 is 10.0 Å². The van der Waals surface area contributed by atoms with E-state index in [1.54, 1.807) is 20.8 Å². The summed E-state index contributed by atoms with van der Waals surface area (Å²) in [7, 11) is 1.52. The minimum absolute atomic E-state index is 0.237. The maximum Gasteiger partial charge on any atom is 0.326 e. The molecule has 0 aliphatic rings. The molecule has 1 amide bonds. The average molecular weight is 359 g/mol. The number of aliphatic carboxylic acids is 1. The van der Waals surface area contributed by atoms with Crippen molar-refractivity contribution in [1.29, 1.82) is 0 Å². The summed E-state index contributed by atoms with van der Waals surface area (Å²) in [6.07, 6.45) is 0. The summed E-state index contributed by atoms with van der Waals surface area (Å²) in [6, 6.07) is -0.834. The van der Waals surface area contributed by atoms with Gasteiger partial charge in [0.2, 0.25) is 5.91 Å². The number of likely N-dealkylation sites (N-methyl/N-ethyl adjacent to an activating group) is 1. The topological polar surface area (TPSA) is 57.6 Å². The molecule has 0 saturated heterocycles. The summed E-state index contributed by atoms with van der Waals surface area (Å²) >= 11 is 6.37. The minimum atomic E-state index is -0.988. The molecule has 0 heterocycles. The highest BCUT2D eigenvalue weighted by Gasteiger charge is 2.38. The summed E-state index contributed by atoms with van der Waals surface area (Å²) in [5.74, 6) is -1.23. The quantitative estimate of drug-likeness (QED) is 0.783. The summed E-state index contributed by atoms with van der Waals surface area (Å²) in [5.41, 5.74) is -0.505. The lowest BCUT2D eigenvalue weighted by molar-refractivity contribution is -0.153. The number of nitrogens with zero attached hydrogens (tertiary/aromatic N) is 1. The Hall–Kier alpha value is -0.100. The van der Waals surface area contributed by atoms with Gasteiger partial charge in [-0.3, -0.25) is 4.79 Å². The Balaban J connectivity index is 4.97. The molecule has 4 nitrogen and oxygen atoms in total. The minimum Gasteiger partial charge on any atom is -0.480 e. The first-order valence-electron chi connectivity index (χ1n) is 4.82. The Morgan fingerprint density at radius 3 is 2.06 bits per heavy atom. The van der Waals surface area contributed by atoms with E-state index in [9.17, 15) is 9.59 Å². The third kappa shape index (κ3) is 4.05. The van der Waals surface area contributed by atoms with Gasteiger partial charge >= 0.3 is 5.97 Å². The van der Waals surface area contributed by atoms with Crippen molar-refractivity contribution in [3.8, 4) is 0 Å². The fourth-order valence-electron chi connectivity index (χ4n) is 1.53. The Bertz CT molecular complexity index is 276. The summed E-state index contributed by atoms with van der Waals surface area (Å²) in [4.78, 5) is 23.9. The van der Waals surface area contributed by atoms with Crippen LogP contribution in [0.25, 0.3) is 0 Å². The number of rotatable bonds is 4. The van der Waals surface area contributed by atoms with Crippen LogP contribution in [0.3, 0.4) is 0 Å². The van der Waals surface area contributed by atoms with Crippen molar-refractivity contribution in [2.75, 3.05) is 12.4 Å². The zero-order valence-corrected chi connectivity index (χ0v) is 13.0. The number of hydrogen-bond donors (Lipinski definition) is 1. The first-order chi connectivity index (χ1) is 7.12. The third-order valence-electron chi connectivity index (χ3n) is 2.19. The number of carbonyl (C=O) groups is 2. The average Bonchev–Trinajstić information content (AvgIpc) is 2.12. The van der Waals surface area contributed by atoms with Crippen LogP contribution in [-0.2, 0) is 9.59 Å². The number of halogens is 2. The lowest BCUT2D eigenvalue weighted by Crippen LogP contribution is -2.52. The summed E-state index contributed by atoms with van der Waals surface area (Å²) in [5, 5.41) is 9.61. The molecule has 16 heavy (non-hydrogen) atoms. The first-order valence-corrected chi connectivity index (χ1v) is 6.86. The third-order valence-corrected chi connectivity index (χ3v) is 4.42. The molecule has 2 atom stereocenters. The molecule has 2 unspecified atom stereocenters. The largest absolute Gasteiger partial charge is 0.480 e. The maximum absolute atomic E-state index is 11.9. The Morgan fingerprint density at radius 1 is 1.38 bits per heavy atom. The van der Waals surface area contributed by atoms with Gasteiger partial charge in [0.15, 0.2) is 0 Å². The normalized spacial score (nSPS) is 15.4. The molecule has 0 aromatic rings. The maximum atomic E-state index is 11.9. The van der Waals surface area contributed by atoms with E-state index in [2.05, 4.69) is 31.9 Å². The van der Waals surface area contributed by atoms with Gasteiger partial charge in [-0.25, -0.2) is 4.79 Å². The zero-order valence-electron chi connectivity index (χ0n) is 9.83. The van der Waals surface area contributed by atoms with Crippen LogP contribution in [0.1, 0.15) is 20.8 Å². The van der Waals surface area contributed by atoms with Crippen LogP contribution in [-0.4, -0.2) is 45.1 Å². The zero-order chi connectivity index (χ0) is 13.1. The van der Waals surface area contributed by atoms with Gasteiger partial charge in [0.05, 0.1) is 0 Å². The van der Waals surface area contributed by atoms with Crippen molar-refractivity contribution >= 4 is 43.7 Å². The first kappa shape index (κ1) is 15.9. The molecule has 0 aromatic heterocycles. The van der Waals surface area contributed by atoms with Crippen molar-refractivity contribution in [3.63, 3.8) is 0 Å². The summed E-state index contributed by atoms with van der Waals surface area (Å²) in [6.45, 7) is 5.40. The second-order valence-corrected chi connectivity index (χ2v) is 6.43. The van der Waals surface area contributed by atoms with Crippen LogP contribution >= 0.6 is 31.9 Å². The van der Waals surface area contributed by atoms with Gasteiger partial charge in [-0.15, -0.1) is 0 Å². The predicted octanol–water partition coefficient (Wildman–Crippen LogP) is 2.10. The van der Waals surface area contributed by atoms with E-state index in [1.165, 1.54) is 11.9 Å². The SMILES string of the molecule is CN(C(=O)C(Br)CBr)C(C(=O)O)C(C)(C)C. The molecule has 0 rings (SSSR count). The molecule has 0 spiro atoms. The van der Waals surface area contributed by atoms with Gasteiger partial charge in [0.25, 0.3) is 0 Å². The van der Waals surface area contributed by atoms with Crippen LogP contribution in [0.15, 0.2) is 0 Å². The molecular formula is C10H17Br2NO3. The van der Waals surface area contributed by atoms with Crippen molar-refractivity contribution in [3.05, 3.63) is 0 Å². The van der Waals surface area contributed by atoms with Crippen LogP contribution in [0.2, 0.25) is 0 Å². The Kier molecular flexibility index (Phi) is 5.96. The summed E-state index contributed by atoms with van der Waals surface area (Å²) < 4.78 is 0. The standard InChI is InChI=1S/C10H17Br2NO3/c1-10(2,3)7(9(15)16)13(4)8(14)6(12)5-11/h6-7H,5H2,1-4H3,(H,15,16). The second kappa shape index (κ2) is 6.00. The van der Waals surface area contributed by atoms with Crippen LogP contribution in [0, 0.1) is 5.41 Å². The fourth-order valence-corrected chi connectivity index (χ4v) is 2.13. The highest BCUT2D eigenvalue weighted by Crippen LogP contribution is 2.25. The molecule has 0 aliphatic heterocycles. The number of alkyl halides is 2. The molecule has 94 valence electrons. The lowest BCUT2D eigenvalue weighted by Gasteiger charge is -2.35. The highest BCUT2D eigenvalue weighted by atomic mass is 79.9. The monoisotopic (exact) mass is 357 g/mol. The highest BCUT2D eigenvalue weighted by molar-refractivity contribution is 9.12. The van der Waals surface area contributed by atoms with Crippen LogP contribution < -0.4 is 0 Å². The Labute approximate surface area is 113 Å². The van der Waals surface area contributed by atoms with Gasteiger partial charge in [-0.2, -0.15) is 0 Å². The number of carbonyl (C=O) groups excluding carboxylic acids is 1. The van der Waals surface area contributed by atoms with Crippen molar-refractivity contribution in [1.82, 2.24) is 4.90 Å². The van der Waals surface area contributed by atoms with Crippen LogP contribution in [0.5, 0.6) is 0 Å². The molecule has 0 aliphatic carbocycles. The number of carboxylic acids is 1. The van der Waals surface area contributed by atoms with E-state index in [4.69, 9.17) is 5.11 Å². The molecular weight excluding hydrogens is 342 g/mol. The van der Waals surface area contributed by atoms with Gasteiger partial charge in [-0.1, -0.05) is 52.6 Å². The molecule has 0 radical (unpaired) electrons. The smallest absolute Gasteiger partial charge is 0.326 e. The van der Waals surface area contributed by atoms with Crippen molar-refractivity contribution in [2.45, 2.75) is 31.6 Å².